The second-order valence-electron chi connectivity index (χ2n) is 8.17. The van der Waals surface area contributed by atoms with Crippen molar-refractivity contribution in [1.29, 1.82) is 0 Å². The van der Waals surface area contributed by atoms with Crippen molar-refractivity contribution in [3.05, 3.63) is 82.6 Å². The molecule has 0 bridgehead atoms. The van der Waals surface area contributed by atoms with E-state index in [9.17, 15) is 22.8 Å². The Balaban J connectivity index is 1.84. The van der Waals surface area contributed by atoms with Crippen LogP contribution in [0.2, 0.25) is 5.02 Å². The summed E-state index contributed by atoms with van der Waals surface area (Å²) in [5, 5.41) is 0.441. The minimum atomic E-state index is -4.66. The number of piperazine rings is 1. The van der Waals surface area contributed by atoms with Crippen molar-refractivity contribution < 1.29 is 22.8 Å². The van der Waals surface area contributed by atoms with Gasteiger partial charge < -0.3 is 14.4 Å². The minimum Gasteiger partial charge on any atom is -0.339 e. The van der Waals surface area contributed by atoms with Crippen LogP contribution in [0.5, 0.6) is 0 Å². The molecule has 1 aromatic heterocycles. The van der Waals surface area contributed by atoms with Crippen molar-refractivity contribution in [3.63, 3.8) is 0 Å². The van der Waals surface area contributed by atoms with E-state index >= 15 is 0 Å². The maximum absolute atomic E-state index is 14.2. The minimum absolute atomic E-state index is 0.0326. The van der Waals surface area contributed by atoms with Gasteiger partial charge in [0.15, 0.2) is 0 Å². The van der Waals surface area contributed by atoms with Gasteiger partial charge in [0, 0.05) is 50.2 Å². The van der Waals surface area contributed by atoms with Crippen molar-refractivity contribution >= 4 is 23.4 Å². The molecule has 2 amide bonds. The summed E-state index contributed by atoms with van der Waals surface area (Å²) in [6, 6.07) is 16.1. The highest BCUT2D eigenvalue weighted by atomic mass is 35.5. The van der Waals surface area contributed by atoms with Gasteiger partial charge in [0.25, 0.3) is 5.91 Å². The fourth-order valence-electron chi connectivity index (χ4n) is 4.17. The third-order valence-electron chi connectivity index (χ3n) is 5.94. The van der Waals surface area contributed by atoms with Crippen molar-refractivity contribution in [2.24, 2.45) is 0 Å². The number of hydrogen-bond donors (Lipinski definition) is 0. The summed E-state index contributed by atoms with van der Waals surface area (Å²) < 4.78 is 43.5. The molecule has 4 rings (SSSR count). The second kappa shape index (κ2) is 9.54. The molecule has 1 aliphatic rings. The topological polar surface area (TPSA) is 45.6 Å². The van der Waals surface area contributed by atoms with E-state index in [1.165, 1.54) is 11.8 Å². The smallest absolute Gasteiger partial charge is 0.339 e. The molecule has 1 saturated heterocycles. The lowest BCUT2D eigenvalue weighted by Gasteiger charge is -2.34. The van der Waals surface area contributed by atoms with Gasteiger partial charge in [0.2, 0.25) is 5.91 Å². The molecule has 5 nitrogen and oxygen atoms in total. The molecule has 1 aliphatic heterocycles. The molecule has 9 heteroatoms. The van der Waals surface area contributed by atoms with Crippen LogP contribution in [0.25, 0.3) is 11.1 Å². The summed E-state index contributed by atoms with van der Waals surface area (Å²) in [4.78, 5) is 28.5. The molecule has 0 N–H and O–H groups in total. The number of halogens is 4. The number of benzene rings is 2. The summed E-state index contributed by atoms with van der Waals surface area (Å²) in [7, 11) is 0. The van der Waals surface area contributed by atoms with Crippen LogP contribution in [0.15, 0.2) is 60.7 Å². The van der Waals surface area contributed by atoms with Crippen LogP contribution in [-0.2, 0) is 17.5 Å². The van der Waals surface area contributed by atoms with Crippen molar-refractivity contribution in [2.45, 2.75) is 19.6 Å². The van der Waals surface area contributed by atoms with E-state index in [0.717, 1.165) is 10.6 Å². The first-order valence-electron chi connectivity index (χ1n) is 10.8. The first-order valence-corrected chi connectivity index (χ1v) is 11.2. The zero-order valence-corrected chi connectivity index (χ0v) is 19.2. The van der Waals surface area contributed by atoms with Crippen LogP contribution in [0.3, 0.4) is 0 Å². The van der Waals surface area contributed by atoms with Crippen molar-refractivity contribution in [1.82, 2.24) is 14.4 Å². The van der Waals surface area contributed by atoms with Crippen LogP contribution in [0, 0.1) is 0 Å². The van der Waals surface area contributed by atoms with Crippen LogP contribution < -0.4 is 0 Å². The third kappa shape index (κ3) is 4.97. The Bertz CT molecular complexity index is 1180. The molecule has 0 saturated carbocycles. The highest BCUT2D eigenvalue weighted by Gasteiger charge is 2.39. The average Bonchev–Trinajstić information content (AvgIpc) is 3.19. The molecule has 3 aromatic rings. The van der Waals surface area contributed by atoms with Crippen LogP contribution in [-0.4, -0.2) is 52.4 Å². The molecule has 0 aliphatic carbocycles. The van der Waals surface area contributed by atoms with Crippen molar-refractivity contribution in [2.75, 3.05) is 26.2 Å². The summed E-state index contributed by atoms with van der Waals surface area (Å²) >= 11 is 5.99. The fourth-order valence-corrected chi connectivity index (χ4v) is 4.29. The predicted molar refractivity (Wildman–Crippen MR) is 124 cm³/mol. The van der Waals surface area contributed by atoms with Gasteiger partial charge in [0.1, 0.15) is 11.4 Å². The molecule has 0 spiro atoms. The number of rotatable bonds is 4. The standard InChI is InChI=1S/C25H23ClF3N3O2/c1-17(33)30-11-13-31(14-12-30)24(34)23-21(19-7-9-20(26)10-8-19)15-22(25(27,28)29)32(23)16-18-5-3-2-4-6-18/h2-10,15H,11-14,16H2,1H3. The molecule has 0 atom stereocenters. The third-order valence-corrected chi connectivity index (χ3v) is 6.19. The molecular formula is C25H23ClF3N3O2. The normalized spacial score (nSPS) is 14.4. The van der Waals surface area contributed by atoms with Crippen LogP contribution in [0.4, 0.5) is 13.2 Å². The summed E-state index contributed by atoms with van der Waals surface area (Å²) in [5.74, 6) is -0.597. The van der Waals surface area contributed by atoms with E-state index in [1.54, 1.807) is 59.5 Å². The SMILES string of the molecule is CC(=O)N1CCN(C(=O)c2c(-c3ccc(Cl)cc3)cc(C(F)(F)F)n2Cc2ccccc2)CC1. The Morgan fingerprint density at radius 1 is 0.912 bits per heavy atom. The van der Waals surface area contributed by atoms with Gasteiger partial charge in [-0.05, 0) is 29.3 Å². The van der Waals surface area contributed by atoms with Gasteiger partial charge in [-0.3, -0.25) is 9.59 Å². The number of carbonyl (C=O) groups is 2. The lowest BCUT2D eigenvalue weighted by Crippen LogP contribution is -2.50. The molecule has 34 heavy (non-hydrogen) atoms. The summed E-state index contributed by atoms with van der Waals surface area (Å²) in [6.07, 6.45) is -4.66. The Morgan fingerprint density at radius 2 is 1.50 bits per heavy atom. The Hall–Kier alpha value is -3.26. The van der Waals surface area contributed by atoms with Gasteiger partial charge in [0.05, 0.1) is 0 Å². The Kier molecular flexibility index (Phi) is 6.70. The zero-order chi connectivity index (χ0) is 24.5. The van der Waals surface area contributed by atoms with E-state index in [1.807, 2.05) is 0 Å². The van der Waals surface area contributed by atoms with Crippen LogP contribution in [0.1, 0.15) is 28.7 Å². The largest absolute Gasteiger partial charge is 0.431 e. The highest BCUT2D eigenvalue weighted by Crippen LogP contribution is 2.38. The lowest BCUT2D eigenvalue weighted by molar-refractivity contribution is -0.143. The Labute approximate surface area is 200 Å². The van der Waals surface area contributed by atoms with Crippen molar-refractivity contribution in [3.8, 4) is 11.1 Å². The fraction of sp³-hybridized carbons (Fsp3) is 0.280. The number of carbonyl (C=O) groups excluding carboxylic acids is 2. The van der Waals surface area contributed by atoms with Gasteiger partial charge in [-0.1, -0.05) is 54.1 Å². The molecular weight excluding hydrogens is 467 g/mol. The highest BCUT2D eigenvalue weighted by molar-refractivity contribution is 6.30. The van der Waals surface area contributed by atoms with Gasteiger partial charge >= 0.3 is 6.18 Å². The quantitative estimate of drug-likeness (QED) is 0.507. The predicted octanol–water partition coefficient (Wildman–Crippen LogP) is 5.18. The summed E-state index contributed by atoms with van der Waals surface area (Å²) in [5.41, 5.74) is 0.370. The maximum Gasteiger partial charge on any atom is 0.431 e. The maximum atomic E-state index is 14.2. The number of alkyl halides is 3. The molecule has 2 heterocycles. The molecule has 2 aromatic carbocycles. The molecule has 178 valence electrons. The van der Waals surface area contributed by atoms with E-state index in [2.05, 4.69) is 0 Å². The Morgan fingerprint density at radius 3 is 2.06 bits per heavy atom. The number of aromatic nitrogens is 1. The second-order valence-corrected chi connectivity index (χ2v) is 8.60. The average molecular weight is 490 g/mol. The molecule has 0 unspecified atom stereocenters. The van der Waals surface area contributed by atoms with Gasteiger partial charge in [-0.2, -0.15) is 13.2 Å². The van der Waals surface area contributed by atoms with E-state index in [0.29, 0.717) is 29.2 Å². The monoisotopic (exact) mass is 489 g/mol. The van der Waals surface area contributed by atoms with Gasteiger partial charge in [-0.15, -0.1) is 0 Å². The van der Waals surface area contributed by atoms with E-state index in [-0.39, 0.29) is 36.8 Å². The van der Waals surface area contributed by atoms with Crippen LogP contribution >= 0.6 is 11.6 Å². The zero-order valence-electron chi connectivity index (χ0n) is 18.5. The molecule has 0 radical (unpaired) electrons. The number of hydrogen-bond acceptors (Lipinski definition) is 2. The lowest BCUT2D eigenvalue weighted by atomic mass is 10.0. The summed E-state index contributed by atoms with van der Waals surface area (Å²) in [6.45, 7) is 2.51. The first-order chi connectivity index (χ1) is 16.1. The van der Waals surface area contributed by atoms with E-state index in [4.69, 9.17) is 11.6 Å². The number of amides is 2. The van der Waals surface area contributed by atoms with Gasteiger partial charge in [-0.25, -0.2) is 0 Å². The molecule has 1 fully saturated rings. The first kappa shape index (κ1) is 23.9. The van der Waals surface area contributed by atoms with E-state index < -0.39 is 17.8 Å². The number of nitrogens with zero attached hydrogens (tertiary/aromatic N) is 3.